The second-order valence-electron chi connectivity index (χ2n) is 4.43. The van der Waals surface area contributed by atoms with E-state index in [9.17, 15) is 13.2 Å². The van der Waals surface area contributed by atoms with Crippen molar-refractivity contribution in [2.24, 2.45) is 0 Å². The number of carboxylic acids is 1. The van der Waals surface area contributed by atoms with Gasteiger partial charge >= 0.3 is 5.97 Å². The van der Waals surface area contributed by atoms with Crippen LogP contribution in [0.15, 0.2) is 28.0 Å². The highest BCUT2D eigenvalue weighted by atomic mass is 32.2. The third-order valence-corrected chi connectivity index (χ3v) is 4.96. The molecule has 0 bridgehead atoms. The Morgan fingerprint density at radius 2 is 2.26 bits per heavy atom. The summed E-state index contributed by atoms with van der Waals surface area (Å²) in [5, 5.41) is 8.83. The number of sulfonamides is 1. The Kier molecular flexibility index (Phi) is 3.51. The molecular formula is C12H15NO5S. The summed E-state index contributed by atoms with van der Waals surface area (Å²) < 4.78 is 31.3. The van der Waals surface area contributed by atoms with E-state index in [1.165, 1.54) is 17.3 Å². The smallest absolute Gasteiger partial charge is 0.371 e. The van der Waals surface area contributed by atoms with Gasteiger partial charge in [0.05, 0.1) is 0 Å². The topological polar surface area (TPSA) is 87.8 Å². The van der Waals surface area contributed by atoms with Gasteiger partial charge in [-0.1, -0.05) is 6.08 Å². The van der Waals surface area contributed by atoms with Crippen LogP contribution in [-0.4, -0.2) is 36.4 Å². The molecule has 0 unspecified atom stereocenters. The molecule has 1 heterocycles. The number of carbonyl (C=O) groups is 1. The van der Waals surface area contributed by atoms with Crippen LogP contribution in [0.25, 0.3) is 0 Å². The largest absolute Gasteiger partial charge is 0.475 e. The van der Waals surface area contributed by atoms with Crippen molar-refractivity contribution in [1.82, 2.24) is 4.31 Å². The van der Waals surface area contributed by atoms with Crippen molar-refractivity contribution in [2.45, 2.75) is 30.7 Å². The molecule has 1 aromatic heterocycles. The summed E-state index contributed by atoms with van der Waals surface area (Å²) in [4.78, 5) is 10.7. The SMILES string of the molecule is C=CCN(C1CC1)S(=O)(=O)c1cc(C(=O)O)oc1C. The fraction of sp³-hybridized carbons (Fsp3) is 0.417. The summed E-state index contributed by atoms with van der Waals surface area (Å²) in [5.41, 5.74) is 0. The Hall–Kier alpha value is -1.60. The van der Waals surface area contributed by atoms with Crippen molar-refractivity contribution >= 4 is 16.0 Å². The minimum absolute atomic E-state index is 0.0226. The molecule has 2 rings (SSSR count). The minimum Gasteiger partial charge on any atom is -0.475 e. The highest BCUT2D eigenvalue weighted by Crippen LogP contribution is 2.33. The van der Waals surface area contributed by atoms with E-state index in [0.717, 1.165) is 18.9 Å². The number of rotatable bonds is 6. The molecule has 104 valence electrons. The van der Waals surface area contributed by atoms with Crippen LogP contribution in [0.3, 0.4) is 0 Å². The molecule has 0 aliphatic heterocycles. The number of aryl methyl sites for hydroxylation is 1. The maximum atomic E-state index is 12.5. The molecule has 1 aliphatic rings. The molecule has 1 N–H and O–H groups in total. The van der Waals surface area contributed by atoms with Crippen molar-refractivity contribution in [2.75, 3.05) is 6.54 Å². The highest BCUT2D eigenvalue weighted by Gasteiger charge is 2.39. The van der Waals surface area contributed by atoms with Gasteiger partial charge in [-0.25, -0.2) is 13.2 Å². The lowest BCUT2D eigenvalue weighted by Gasteiger charge is -2.19. The van der Waals surface area contributed by atoms with E-state index in [1.54, 1.807) is 0 Å². The average molecular weight is 285 g/mol. The van der Waals surface area contributed by atoms with E-state index >= 15 is 0 Å². The molecule has 0 radical (unpaired) electrons. The zero-order chi connectivity index (χ0) is 14.2. The summed E-state index contributed by atoms with van der Waals surface area (Å²) in [6.45, 7) is 5.20. The van der Waals surface area contributed by atoms with E-state index < -0.39 is 16.0 Å². The van der Waals surface area contributed by atoms with E-state index in [0.29, 0.717) is 0 Å². The maximum absolute atomic E-state index is 12.5. The molecule has 0 spiro atoms. The van der Waals surface area contributed by atoms with E-state index in [4.69, 9.17) is 9.52 Å². The zero-order valence-corrected chi connectivity index (χ0v) is 11.3. The Morgan fingerprint density at radius 1 is 1.63 bits per heavy atom. The molecule has 6 nitrogen and oxygen atoms in total. The van der Waals surface area contributed by atoms with Crippen molar-refractivity contribution < 1.29 is 22.7 Å². The van der Waals surface area contributed by atoms with Crippen LogP contribution in [0, 0.1) is 6.92 Å². The first-order valence-electron chi connectivity index (χ1n) is 5.84. The van der Waals surface area contributed by atoms with Crippen LogP contribution < -0.4 is 0 Å². The van der Waals surface area contributed by atoms with Gasteiger partial charge in [-0.3, -0.25) is 0 Å². The molecule has 1 aromatic rings. The lowest BCUT2D eigenvalue weighted by atomic mass is 10.4. The van der Waals surface area contributed by atoms with E-state index in [1.807, 2.05) is 0 Å². The summed E-state index contributed by atoms with van der Waals surface area (Å²) >= 11 is 0. The summed E-state index contributed by atoms with van der Waals surface area (Å²) in [6, 6.07) is 1.04. The zero-order valence-electron chi connectivity index (χ0n) is 10.5. The van der Waals surface area contributed by atoms with Gasteiger partial charge in [0.2, 0.25) is 15.8 Å². The Labute approximate surface area is 111 Å². The molecule has 1 saturated carbocycles. The molecule has 7 heteroatoms. The van der Waals surface area contributed by atoms with Crippen molar-refractivity contribution in [3.05, 3.63) is 30.2 Å². The van der Waals surface area contributed by atoms with E-state index in [-0.39, 0.29) is 29.0 Å². The van der Waals surface area contributed by atoms with E-state index in [2.05, 4.69) is 6.58 Å². The van der Waals surface area contributed by atoms with Crippen LogP contribution in [0.1, 0.15) is 29.2 Å². The predicted octanol–water partition coefficient (Wildman–Crippen LogP) is 1.63. The summed E-state index contributed by atoms with van der Waals surface area (Å²) in [5.74, 6) is -1.57. The molecule has 0 amide bonds. The number of nitrogens with zero attached hydrogens (tertiary/aromatic N) is 1. The van der Waals surface area contributed by atoms with Gasteiger partial charge < -0.3 is 9.52 Å². The van der Waals surface area contributed by atoms with Gasteiger partial charge in [0.1, 0.15) is 10.7 Å². The molecule has 0 aromatic carbocycles. The third kappa shape index (κ3) is 2.57. The van der Waals surface area contributed by atoms with Gasteiger partial charge in [0, 0.05) is 18.7 Å². The van der Waals surface area contributed by atoms with Crippen molar-refractivity contribution in [1.29, 1.82) is 0 Å². The minimum atomic E-state index is -3.74. The van der Waals surface area contributed by atoms with Crippen LogP contribution in [0.4, 0.5) is 0 Å². The average Bonchev–Trinajstić information content (AvgIpc) is 3.07. The van der Waals surface area contributed by atoms with Gasteiger partial charge in [0.15, 0.2) is 0 Å². The quantitative estimate of drug-likeness (QED) is 0.802. The summed E-state index contributed by atoms with van der Waals surface area (Å²) in [6.07, 6.45) is 3.15. The first-order valence-corrected chi connectivity index (χ1v) is 7.28. The number of aromatic carboxylic acids is 1. The standard InChI is InChI=1S/C12H15NO5S/c1-3-6-13(9-4-5-9)19(16,17)11-7-10(12(14)15)18-8(11)2/h3,7,9H,1,4-6H2,2H3,(H,14,15). The van der Waals surface area contributed by atoms with Crippen LogP contribution in [-0.2, 0) is 10.0 Å². The van der Waals surface area contributed by atoms with Gasteiger partial charge in [-0.15, -0.1) is 6.58 Å². The molecule has 0 atom stereocenters. The second-order valence-corrected chi connectivity index (χ2v) is 6.29. The molecule has 1 fully saturated rings. The van der Waals surface area contributed by atoms with Crippen molar-refractivity contribution in [3.8, 4) is 0 Å². The third-order valence-electron chi connectivity index (χ3n) is 2.93. The Morgan fingerprint density at radius 3 is 2.68 bits per heavy atom. The van der Waals surface area contributed by atoms with Gasteiger partial charge in [-0.2, -0.15) is 4.31 Å². The molecule has 19 heavy (non-hydrogen) atoms. The Balaban J connectivity index is 2.42. The molecule has 1 aliphatic carbocycles. The number of furan rings is 1. The highest BCUT2D eigenvalue weighted by molar-refractivity contribution is 7.89. The van der Waals surface area contributed by atoms with Crippen LogP contribution in [0.5, 0.6) is 0 Å². The lowest BCUT2D eigenvalue weighted by Crippen LogP contribution is -2.33. The Bertz CT molecular complexity index is 612. The lowest BCUT2D eigenvalue weighted by molar-refractivity contribution is 0.0661. The summed E-state index contributed by atoms with van der Waals surface area (Å²) in [7, 11) is -3.74. The number of carboxylic acid groups (broad SMARTS) is 1. The normalized spacial score (nSPS) is 15.7. The van der Waals surface area contributed by atoms with Gasteiger partial charge in [0.25, 0.3) is 0 Å². The maximum Gasteiger partial charge on any atom is 0.371 e. The second kappa shape index (κ2) is 4.82. The fourth-order valence-electron chi connectivity index (χ4n) is 1.89. The molecular weight excluding hydrogens is 270 g/mol. The van der Waals surface area contributed by atoms with Crippen molar-refractivity contribution in [3.63, 3.8) is 0 Å². The molecule has 0 saturated heterocycles. The fourth-order valence-corrected chi connectivity index (χ4v) is 3.70. The predicted molar refractivity (Wildman–Crippen MR) is 67.5 cm³/mol. The first kappa shape index (κ1) is 13.8. The first-order chi connectivity index (χ1) is 8.87. The van der Waals surface area contributed by atoms with Gasteiger partial charge in [-0.05, 0) is 19.8 Å². The van der Waals surface area contributed by atoms with Crippen LogP contribution >= 0.6 is 0 Å². The number of hydrogen-bond donors (Lipinski definition) is 1. The monoisotopic (exact) mass is 285 g/mol. The van der Waals surface area contributed by atoms with Crippen LogP contribution in [0.2, 0.25) is 0 Å². The number of hydrogen-bond acceptors (Lipinski definition) is 4.